The standard InChI is InChI=1S/C25H24ClN3O3.C13H16BrClN2O2.C12H9NO.C7H7ClN2O.C7H4ClNO.C6H10BrClO.CH4.BrH/c1-17-29(22-15-18-7-4-5-8-19(18)16-23(22)32-17)14-6-2-3-9-24(30)28-25(31)27-21-12-10-20(26)11-13-21;14-9-3-1-2-4-12(18)17-13(19)16-11-7-5-10(15)6-8-11;1-8-13-11-6-9-4-2-3-5-10(9)7-12(11)14-8;8-5-1-3-6(4-2-5)10-7(9)11;8-6-1-3-7(4-2-6)9-5-10;7-5-3-1-2-4-6(8)9;;/h4-5,7-8,10-13,15-16H,2-3,6,9,14H2,1H3,(H-,27,28,30,31);5-8H,1-4,9H2,(H2,16,17,18,19);2-7H,1H3;1-4H,(H3,9,10,11);1-4H;1-5H2;1H4;1H. The molecule has 0 radical (unpaired) electrons. The van der Waals surface area contributed by atoms with Crippen LogP contribution in [-0.2, 0) is 25.7 Å². The van der Waals surface area contributed by atoms with Crippen molar-refractivity contribution in [1.29, 1.82) is 0 Å². The minimum Gasteiger partial charge on any atom is -1.00 e. The van der Waals surface area contributed by atoms with E-state index in [-0.39, 0.29) is 41.5 Å². The molecule has 0 unspecified atom stereocenters. The second-order valence-electron chi connectivity index (χ2n) is 20.7. The molecular formula is C71H75Br3Cl5N9O9. The molecule has 0 aliphatic carbocycles. The molecule has 8 aromatic carbocycles. The molecule has 7 N–H and O–H groups in total. The summed E-state index contributed by atoms with van der Waals surface area (Å²) in [5.41, 5.74) is 11.0. The van der Waals surface area contributed by atoms with Crippen LogP contribution in [0.5, 0.6) is 0 Å². The number of alkyl halides is 2. The molecular weight excluding hydrogens is 1540 g/mol. The van der Waals surface area contributed by atoms with Crippen LogP contribution in [0.25, 0.3) is 43.7 Å². The van der Waals surface area contributed by atoms with Gasteiger partial charge in [0.2, 0.25) is 28.7 Å². The summed E-state index contributed by atoms with van der Waals surface area (Å²) < 4.78 is 13.6. The van der Waals surface area contributed by atoms with Crippen LogP contribution >= 0.6 is 89.9 Å². The number of rotatable bonds is 20. The molecule has 0 saturated carbocycles. The van der Waals surface area contributed by atoms with Crippen molar-refractivity contribution in [2.24, 2.45) is 10.7 Å². The molecule has 0 aliphatic heterocycles. The number of carbonyl (C=O) groups excluding carboxylic acids is 7. The fourth-order valence-corrected chi connectivity index (χ4v) is 10.2. The van der Waals surface area contributed by atoms with Crippen molar-refractivity contribution in [2.45, 2.75) is 105 Å². The minimum absolute atomic E-state index is 0. The number of oxazole rings is 2. The number of nitrogens with two attached hydrogens (primary N) is 1. The zero-order valence-corrected chi connectivity index (χ0v) is 60.9. The highest BCUT2D eigenvalue weighted by Gasteiger charge is 2.20. The first-order valence-electron chi connectivity index (χ1n) is 30.0. The zero-order valence-electron chi connectivity index (χ0n) is 52.4. The molecule has 514 valence electrons. The summed E-state index contributed by atoms with van der Waals surface area (Å²) in [5.74, 6) is 1.03. The summed E-state index contributed by atoms with van der Waals surface area (Å²) in [5, 5.41) is 21.1. The Morgan fingerprint density at radius 2 is 0.928 bits per heavy atom. The van der Waals surface area contributed by atoms with E-state index in [2.05, 4.69) is 115 Å². The molecule has 0 aliphatic rings. The van der Waals surface area contributed by atoms with Crippen LogP contribution in [0.2, 0.25) is 20.1 Å². The normalized spacial score (nSPS) is 10.0. The number of carbonyl (C=O) groups is 6. The van der Waals surface area contributed by atoms with Crippen LogP contribution in [0.15, 0.2) is 184 Å². The van der Waals surface area contributed by atoms with Gasteiger partial charge in [0.05, 0.1) is 12.6 Å². The molecule has 0 spiro atoms. The molecule has 0 fully saturated rings. The van der Waals surface area contributed by atoms with E-state index in [1.54, 1.807) is 97.1 Å². The van der Waals surface area contributed by atoms with E-state index < -0.39 is 18.1 Å². The first-order valence-corrected chi connectivity index (χ1v) is 34.1. The van der Waals surface area contributed by atoms with E-state index in [9.17, 15) is 33.6 Å². The number of urea groups is 3. The van der Waals surface area contributed by atoms with Gasteiger partial charge in [-0.1, -0.05) is 147 Å². The number of isocyanates is 1. The summed E-state index contributed by atoms with van der Waals surface area (Å²) in [6.45, 7) is 4.65. The minimum atomic E-state index is -0.577. The van der Waals surface area contributed by atoms with E-state index in [4.69, 9.17) is 72.6 Å². The molecule has 97 heavy (non-hydrogen) atoms. The van der Waals surface area contributed by atoms with Gasteiger partial charge in [0.1, 0.15) is 5.52 Å². The number of unbranched alkanes of at least 4 members (excludes halogenated alkanes) is 6. The third-order valence-corrected chi connectivity index (χ3v) is 15.6. The lowest BCUT2D eigenvalue weighted by Crippen LogP contribution is -3.00. The highest BCUT2D eigenvalue weighted by Crippen LogP contribution is 2.25. The number of primary amides is 1. The van der Waals surface area contributed by atoms with E-state index in [0.717, 1.165) is 108 Å². The Morgan fingerprint density at radius 1 is 0.526 bits per heavy atom. The second kappa shape index (κ2) is 46.5. The number of aliphatic imine (C=N–C) groups is 1. The first-order chi connectivity index (χ1) is 45.7. The van der Waals surface area contributed by atoms with Crippen molar-refractivity contribution in [1.82, 2.24) is 15.6 Å². The van der Waals surface area contributed by atoms with Gasteiger partial charge in [-0.3, -0.25) is 25.0 Å². The molecule has 0 atom stereocenters. The number of amides is 8. The Morgan fingerprint density at radius 3 is 1.36 bits per heavy atom. The van der Waals surface area contributed by atoms with Crippen LogP contribution in [0, 0.1) is 13.8 Å². The van der Waals surface area contributed by atoms with Crippen molar-refractivity contribution in [3.05, 3.63) is 202 Å². The smallest absolute Gasteiger partial charge is 0.344 e. The highest BCUT2D eigenvalue weighted by atomic mass is 79.9. The third-order valence-electron chi connectivity index (χ3n) is 13.3. The topological polar surface area (TPSA) is 261 Å². The zero-order chi connectivity index (χ0) is 68.9. The van der Waals surface area contributed by atoms with Crippen molar-refractivity contribution in [3.63, 3.8) is 0 Å². The molecule has 10 rings (SSSR count). The predicted molar refractivity (Wildman–Crippen MR) is 397 cm³/mol. The monoisotopic (exact) mass is 1610 g/mol. The van der Waals surface area contributed by atoms with Gasteiger partial charge in [-0.2, -0.15) is 9.56 Å². The number of aromatic nitrogens is 2. The van der Waals surface area contributed by atoms with E-state index in [1.165, 1.54) is 22.2 Å². The molecule has 8 amide bonds. The fraction of sp³-hybridized carbons (Fsp3) is 0.254. The van der Waals surface area contributed by atoms with Crippen LogP contribution in [-0.4, -0.2) is 56.9 Å². The number of hydrogen-bond acceptors (Lipinski definition) is 11. The number of halogens is 8. The first kappa shape index (κ1) is 83.5. The van der Waals surface area contributed by atoms with E-state index in [0.29, 0.717) is 68.5 Å². The van der Waals surface area contributed by atoms with Crippen molar-refractivity contribution < 1.29 is 63.9 Å². The summed E-state index contributed by atoms with van der Waals surface area (Å²) in [6.07, 6.45) is 11.0. The second-order valence-corrected chi connectivity index (χ2v) is 24.5. The lowest BCUT2D eigenvalue weighted by atomic mass is 10.1. The predicted octanol–water partition coefficient (Wildman–Crippen LogP) is 17.5. The average molecular weight is 1620 g/mol. The van der Waals surface area contributed by atoms with E-state index in [1.807, 2.05) is 44.2 Å². The number of hydrogen-bond donors (Lipinski definition) is 6. The van der Waals surface area contributed by atoms with Crippen LogP contribution in [0.4, 0.5) is 37.1 Å². The molecule has 0 saturated heterocycles. The molecule has 10 aromatic rings. The SMILES string of the molecule is C.Cc1nc2cc3ccccc3cc2o1.Cc1oc2cc3ccccc3cc2[n+]1CCCCCC(=O)NC(=O)Nc1ccc(Cl)cc1.NC(=O)Nc1ccc(Cl)cc1.O=C(CCCCCBr)NC(=O)Nc1ccc(Cl)cc1.O=C(Cl)CCCCCBr.O=C=Nc1ccc(Cl)cc1.[Br-]. The highest BCUT2D eigenvalue weighted by molar-refractivity contribution is 9.09. The molecule has 2 heterocycles. The Labute approximate surface area is 616 Å². The van der Waals surface area contributed by atoms with Gasteiger partial charge in [0.25, 0.3) is 5.52 Å². The van der Waals surface area contributed by atoms with Crippen molar-refractivity contribution >= 4 is 198 Å². The number of imide groups is 2. The Kier molecular flexibility index (Phi) is 40.1. The largest absolute Gasteiger partial charge is 1.00 e. The van der Waals surface area contributed by atoms with Gasteiger partial charge in [-0.25, -0.2) is 24.2 Å². The fourth-order valence-electron chi connectivity index (χ4n) is 8.73. The molecule has 18 nitrogen and oxygen atoms in total. The number of nitrogens with one attached hydrogen (secondary N) is 5. The van der Waals surface area contributed by atoms with Crippen LogP contribution in [0.1, 0.15) is 96.3 Å². The number of nitrogens with zero attached hydrogens (tertiary/aromatic N) is 3. The Balaban J connectivity index is 0.000000324. The van der Waals surface area contributed by atoms with Gasteiger partial charge < -0.3 is 47.5 Å². The molecule has 2 aromatic heterocycles. The van der Waals surface area contributed by atoms with Gasteiger partial charge in [0.15, 0.2) is 18.0 Å². The van der Waals surface area contributed by atoms with Crippen LogP contribution < -0.4 is 53.9 Å². The van der Waals surface area contributed by atoms with E-state index >= 15 is 0 Å². The Hall–Kier alpha value is -7.69. The van der Waals surface area contributed by atoms with Gasteiger partial charge in [0, 0.05) is 86.5 Å². The average Bonchev–Trinajstić information content (AvgIpc) is 1.67. The van der Waals surface area contributed by atoms with Gasteiger partial charge in [-0.15, -0.1) is 0 Å². The van der Waals surface area contributed by atoms with Gasteiger partial charge >= 0.3 is 24.0 Å². The summed E-state index contributed by atoms with van der Waals surface area (Å²) in [7, 11) is 0. The molecule has 0 bridgehead atoms. The summed E-state index contributed by atoms with van der Waals surface area (Å²) in [4.78, 5) is 84.8. The number of aryl methyl sites for hydroxylation is 3. The Bertz CT molecular complexity index is 4090. The molecule has 26 heteroatoms. The number of benzene rings is 8. The maximum atomic E-state index is 12.0. The maximum absolute atomic E-state index is 12.0. The quantitative estimate of drug-likeness (QED) is 0.0105. The van der Waals surface area contributed by atoms with Crippen molar-refractivity contribution in [3.8, 4) is 0 Å². The lowest BCUT2D eigenvalue weighted by Gasteiger charge is -2.06. The summed E-state index contributed by atoms with van der Waals surface area (Å²) >= 11 is 34.5. The van der Waals surface area contributed by atoms with Crippen LogP contribution in [0.3, 0.4) is 0 Å². The van der Waals surface area contributed by atoms with Gasteiger partial charge in [-0.05, 0) is 187 Å². The number of anilines is 3. The summed E-state index contributed by atoms with van der Waals surface area (Å²) in [6, 6.07) is 49.8. The maximum Gasteiger partial charge on any atom is 0.344 e. The van der Waals surface area contributed by atoms with Crippen molar-refractivity contribution in [2.75, 3.05) is 26.6 Å². The number of fused-ring (bicyclic) bond motifs is 4. The third kappa shape index (κ3) is 32.9. The lowest BCUT2D eigenvalue weighted by molar-refractivity contribution is -0.683.